The first kappa shape index (κ1) is 19.0. The minimum atomic E-state index is -0.227. The van der Waals surface area contributed by atoms with Gasteiger partial charge >= 0.3 is 0 Å². The molecule has 5 nitrogen and oxygen atoms in total. The fraction of sp³-hybridized carbons (Fsp3) is 0.562. The van der Waals surface area contributed by atoms with Crippen molar-refractivity contribution in [1.82, 2.24) is 4.90 Å². The first-order valence-electron chi connectivity index (χ1n) is 7.35. The van der Waals surface area contributed by atoms with Gasteiger partial charge in [-0.1, -0.05) is 18.2 Å². The number of guanidine groups is 1. The third-order valence-electron chi connectivity index (χ3n) is 3.14. The highest BCUT2D eigenvalue weighted by atomic mass is 127. The second kappa shape index (κ2) is 8.57. The van der Waals surface area contributed by atoms with Crippen LogP contribution in [0.1, 0.15) is 26.3 Å². The number of rotatable bonds is 3. The molecule has 0 unspecified atom stereocenters. The van der Waals surface area contributed by atoms with Crippen LogP contribution in [0.15, 0.2) is 29.3 Å². The standard InChI is InChI=1S/C16H25N3O2.HI/c1-16(2,3)21-14-7-5-4-6-13(14)12-18-15(17)19-8-10-20-11-9-19;/h4-7H,8-12H2,1-3H3,(H2,17,18);1H. The van der Waals surface area contributed by atoms with Crippen molar-refractivity contribution >= 4 is 29.9 Å². The van der Waals surface area contributed by atoms with Gasteiger partial charge in [-0.05, 0) is 26.8 Å². The predicted molar refractivity (Wildman–Crippen MR) is 100.0 cm³/mol. The van der Waals surface area contributed by atoms with Gasteiger partial charge in [-0.2, -0.15) is 0 Å². The Morgan fingerprint density at radius 3 is 2.55 bits per heavy atom. The molecule has 0 spiro atoms. The third-order valence-corrected chi connectivity index (χ3v) is 3.14. The Morgan fingerprint density at radius 1 is 1.27 bits per heavy atom. The summed E-state index contributed by atoms with van der Waals surface area (Å²) >= 11 is 0. The summed E-state index contributed by atoms with van der Waals surface area (Å²) in [6, 6.07) is 7.96. The van der Waals surface area contributed by atoms with Crippen LogP contribution in [0, 0.1) is 0 Å². The maximum atomic E-state index is 6.05. The molecular formula is C16H26IN3O2. The third kappa shape index (κ3) is 6.00. The number of benzene rings is 1. The molecule has 1 fully saturated rings. The zero-order valence-corrected chi connectivity index (χ0v) is 15.9. The van der Waals surface area contributed by atoms with Crippen molar-refractivity contribution in [1.29, 1.82) is 0 Å². The molecule has 2 N–H and O–H groups in total. The zero-order valence-electron chi connectivity index (χ0n) is 13.5. The van der Waals surface area contributed by atoms with Crippen molar-refractivity contribution in [2.45, 2.75) is 32.9 Å². The van der Waals surface area contributed by atoms with Crippen molar-refractivity contribution in [2.75, 3.05) is 26.3 Å². The van der Waals surface area contributed by atoms with Gasteiger partial charge in [0.15, 0.2) is 5.96 Å². The Hall–Kier alpha value is -1.02. The van der Waals surface area contributed by atoms with Gasteiger partial charge in [0.2, 0.25) is 0 Å². The molecule has 0 bridgehead atoms. The maximum Gasteiger partial charge on any atom is 0.191 e. The Kier molecular flexibility index (Phi) is 7.41. The molecule has 22 heavy (non-hydrogen) atoms. The van der Waals surface area contributed by atoms with Crippen LogP contribution in [-0.2, 0) is 11.3 Å². The quantitative estimate of drug-likeness (QED) is 0.465. The van der Waals surface area contributed by atoms with Crippen LogP contribution in [-0.4, -0.2) is 42.8 Å². The van der Waals surface area contributed by atoms with Gasteiger partial charge in [-0.3, -0.25) is 0 Å². The van der Waals surface area contributed by atoms with Gasteiger partial charge in [0.1, 0.15) is 11.4 Å². The van der Waals surface area contributed by atoms with Crippen LogP contribution in [0.3, 0.4) is 0 Å². The van der Waals surface area contributed by atoms with E-state index in [1.54, 1.807) is 0 Å². The van der Waals surface area contributed by atoms with Crippen molar-refractivity contribution < 1.29 is 9.47 Å². The average Bonchev–Trinajstić information content (AvgIpc) is 2.45. The van der Waals surface area contributed by atoms with E-state index >= 15 is 0 Å². The molecule has 0 aliphatic carbocycles. The number of para-hydroxylation sites is 1. The monoisotopic (exact) mass is 419 g/mol. The van der Waals surface area contributed by atoms with E-state index in [4.69, 9.17) is 15.2 Å². The fourth-order valence-corrected chi connectivity index (χ4v) is 2.12. The Morgan fingerprint density at radius 2 is 1.91 bits per heavy atom. The lowest BCUT2D eigenvalue weighted by Gasteiger charge is -2.27. The summed E-state index contributed by atoms with van der Waals surface area (Å²) in [5.41, 5.74) is 6.87. The lowest BCUT2D eigenvalue weighted by molar-refractivity contribution is 0.0674. The number of morpholine rings is 1. The molecule has 0 amide bonds. The number of nitrogens with two attached hydrogens (primary N) is 1. The van der Waals surface area contributed by atoms with Crippen LogP contribution >= 0.6 is 24.0 Å². The molecular weight excluding hydrogens is 393 g/mol. The van der Waals surface area contributed by atoms with E-state index in [0.717, 1.165) is 24.4 Å². The van der Waals surface area contributed by atoms with Crippen molar-refractivity contribution in [3.05, 3.63) is 29.8 Å². The normalized spacial score (nSPS) is 16.1. The summed E-state index contributed by atoms with van der Waals surface area (Å²) in [6.45, 7) is 9.65. The predicted octanol–water partition coefficient (Wildman–Crippen LogP) is 2.63. The second-order valence-electron chi connectivity index (χ2n) is 6.10. The summed E-state index contributed by atoms with van der Waals surface area (Å²) in [6.07, 6.45) is 0. The maximum absolute atomic E-state index is 6.05. The van der Waals surface area contributed by atoms with Crippen LogP contribution in [0.2, 0.25) is 0 Å². The minimum Gasteiger partial charge on any atom is -0.488 e. The SMILES string of the molecule is CC(C)(C)Oc1ccccc1CN=C(N)N1CCOCC1.I. The van der Waals surface area contributed by atoms with E-state index < -0.39 is 0 Å². The molecule has 1 aromatic rings. The molecule has 1 aromatic carbocycles. The van der Waals surface area contributed by atoms with Gasteiger partial charge in [0.25, 0.3) is 0 Å². The van der Waals surface area contributed by atoms with E-state index in [1.807, 2.05) is 45.0 Å². The number of ether oxygens (including phenoxy) is 2. The summed E-state index contributed by atoms with van der Waals surface area (Å²) in [7, 11) is 0. The average molecular weight is 419 g/mol. The molecule has 124 valence electrons. The van der Waals surface area contributed by atoms with Crippen molar-refractivity contribution in [3.63, 3.8) is 0 Å². The van der Waals surface area contributed by atoms with Crippen LogP contribution in [0.4, 0.5) is 0 Å². The topological polar surface area (TPSA) is 60.1 Å². The molecule has 1 heterocycles. The minimum absolute atomic E-state index is 0. The lowest BCUT2D eigenvalue weighted by Crippen LogP contribution is -2.44. The smallest absolute Gasteiger partial charge is 0.191 e. The number of hydrogen-bond donors (Lipinski definition) is 1. The molecule has 0 atom stereocenters. The summed E-state index contributed by atoms with van der Waals surface area (Å²) in [5.74, 6) is 1.44. The molecule has 0 aromatic heterocycles. The highest BCUT2D eigenvalue weighted by molar-refractivity contribution is 14.0. The lowest BCUT2D eigenvalue weighted by atomic mass is 10.1. The van der Waals surface area contributed by atoms with Crippen molar-refractivity contribution in [2.24, 2.45) is 10.7 Å². The van der Waals surface area contributed by atoms with Crippen LogP contribution in [0.5, 0.6) is 5.75 Å². The molecule has 2 rings (SSSR count). The molecule has 0 saturated carbocycles. The number of hydrogen-bond acceptors (Lipinski definition) is 3. The largest absolute Gasteiger partial charge is 0.488 e. The second-order valence-corrected chi connectivity index (χ2v) is 6.10. The Balaban J connectivity index is 0.00000242. The van der Waals surface area contributed by atoms with E-state index in [2.05, 4.69) is 9.89 Å². The van der Waals surface area contributed by atoms with E-state index in [1.165, 1.54) is 0 Å². The molecule has 1 saturated heterocycles. The highest BCUT2D eigenvalue weighted by Crippen LogP contribution is 2.23. The van der Waals surface area contributed by atoms with Gasteiger partial charge in [-0.25, -0.2) is 4.99 Å². The van der Waals surface area contributed by atoms with Gasteiger partial charge in [0.05, 0.1) is 19.8 Å². The summed E-state index contributed by atoms with van der Waals surface area (Å²) < 4.78 is 11.3. The highest BCUT2D eigenvalue weighted by Gasteiger charge is 2.15. The van der Waals surface area contributed by atoms with Crippen LogP contribution < -0.4 is 10.5 Å². The van der Waals surface area contributed by atoms with E-state index in [9.17, 15) is 0 Å². The molecule has 6 heteroatoms. The molecule has 1 aliphatic heterocycles. The number of nitrogens with zero attached hydrogens (tertiary/aromatic N) is 2. The first-order chi connectivity index (χ1) is 9.96. The number of aliphatic imine (C=N–C) groups is 1. The van der Waals surface area contributed by atoms with Gasteiger partial charge in [-0.15, -0.1) is 24.0 Å². The van der Waals surface area contributed by atoms with Gasteiger partial charge < -0.3 is 20.1 Å². The summed E-state index contributed by atoms with van der Waals surface area (Å²) in [4.78, 5) is 6.55. The van der Waals surface area contributed by atoms with Gasteiger partial charge in [0, 0.05) is 18.7 Å². The zero-order chi connectivity index (χ0) is 15.3. The van der Waals surface area contributed by atoms with E-state index in [0.29, 0.717) is 25.7 Å². The number of halogens is 1. The Labute approximate surface area is 149 Å². The first-order valence-corrected chi connectivity index (χ1v) is 7.35. The van der Waals surface area contributed by atoms with E-state index in [-0.39, 0.29) is 29.6 Å². The Bertz CT molecular complexity index is 494. The molecule has 0 radical (unpaired) electrons. The molecule has 1 aliphatic rings. The van der Waals surface area contributed by atoms with Crippen LogP contribution in [0.25, 0.3) is 0 Å². The van der Waals surface area contributed by atoms with Crippen molar-refractivity contribution in [3.8, 4) is 5.75 Å². The summed E-state index contributed by atoms with van der Waals surface area (Å²) in [5, 5.41) is 0. The fourth-order valence-electron chi connectivity index (χ4n) is 2.12.